The molecule has 0 aliphatic carbocycles. The Bertz CT molecular complexity index is 958. The van der Waals surface area contributed by atoms with E-state index < -0.39 is 46.7 Å². The number of primary amides is 1. The number of amides is 4. The molecule has 0 spiro atoms. The number of benzene rings is 1. The number of nitrogens with zero attached hydrogens (tertiary/aromatic N) is 1. The molecule has 0 heterocycles. The largest absolute Gasteiger partial charge is 0.444 e. The molecule has 0 aliphatic rings. The lowest BCUT2D eigenvalue weighted by Crippen LogP contribution is -2.60. The number of nitrogens with one attached hydrogen (secondary N) is 2. The van der Waals surface area contributed by atoms with E-state index in [1.165, 1.54) is 4.90 Å². The van der Waals surface area contributed by atoms with Crippen molar-refractivity contribution in [1.29, 1.82) is 0 Å². The summed E-state index contributed by atoms with van der Waals surface area (Å²) in [4.78, 5) is 53.8. The second-order valence-corrected chi connectivity index (χ2v) is 12.1. The lowest BCUT2D eigenvalue weighted by atomic mass is 9.90. The molecule has 0 aliphatic heterocycles. The van der Waals surface area contributed by atoms with Crippen molar-refractivity contribution in [3.8, 4) is 0 Å². The molecule has 4 N–H and O–H groups in total. The minimum Gasteiger partial charge on any atom is -0.444 e. The molecular weight excluding hydrogens is 472 g/mol. The van der Waals surface area contributed by atoms with Gasteiger partial charge in [-0.05, 0) is 80.7 Å². The minimum atomic E-state index is -1.14. The van der Waals surface area contributed by atoms with E-state index in [1.807, 2.05) is 72.7 Å². The van der Waals surface area contributed by atoms with Crippen LogP contribution in [-0.2, 0) is 19.1 Å². The van der Waals surface area contributed by atoms with Crippen LogP contribution in [0.15, 0.2) is 24.3 Å². The van der Waals surface area contributed by atoms with Gasteiger partial charge in [-0.2, -0.15) is 0 Å². The number of nitrogens with two attached hydrogens (primary N) is 1. The van der Waals surface area contributed by atoms with Gasteiger partial charge >= 0.3 is 6.09 Å². The molecule has 4 amide bonds. The first kappa shape index (κ1) is 31.9. The Morgan fingerprint density at radius 1 is 0.973 bits per heavy atom. The van der Waals surface area contributed by atoms with Crippen molar-refractivity contribution in [3.63, 3.8) is 0 Å². The van der Waals surface area contributed by atoms with Gasteiger partial charge in [0.15, 0.2) is 0 Å². The maximum absolute atomic E-state index is 14.2. The number of ether oxygens (including phenoxy) is 1. The molecule has 0 radical (unpaired) electrons. The number of hydrogen-bond acceptors (Lipinski definition) is 5. The van der Waals surface area contributed by atoms with Crippen LogP contribution < -0.4 is 16.4 Å². The standard InChI is InChI=1S/C28H46N4O5/c1-11-28(9,10)32(22(23(34)31-26(3,4)5)19-14-12-18(2)13-15-19)24(35)20(16-17-21(29)33)30-25(36)37-27(6,7)8/h12-15,20,22H,11,16-17H2,1-10H3,(H2,29,33)(H,30,36)(H,31,34). The quantitative estimate of drug-likeness (QED) is 0.429. The fourth-order valence-electron chi connectivity index (χ4n) is 3.71. The highest BCUT2D eigenvalue weighted by molar-refractivity contribution is 5.93. The molecule has 9 nitrogen and oxygen atoms in total. The van der Waals surface area contributed by atoms with E-state index in [2.05, 4.69) is 10.6 Å². The molecule has 2 unspecified atom stereocenters. The zero-order valence-electron chi connectivity index (χ0n) is 24.2. The van der Waals surface area contributed by atoms with Crippen molar-refractivity contribution in [1.82, 2.24) is 15.5 Å². The Balaban J connectivity index is 3.67. The SMILES string of the molecule is CCC(C)(C)N(C(=O)C(CCC(N)=O)NC(=O)OC(C)(C)C)C(C(=O)NC(C)(C)C)c1ccc(C)cc1. The van der Waals surface area contributed by atoms with Crippen LogP contribution in [0.5, 0.6) is 0 Å². The molecule has 1 rings (SSSR count). The number of carbonyl (C=O) groups is 4. The predicted octanol–water partition coefficient (Wildman–Crippen LogP) is 4.13. The van der Waals surface area contributed by atoms with Crippen LogP contribution in [0, 0.1) is 6.92 Å². The highest BCUT2D eigenvalue weighted by Crippen LogP contribution is 2.33. The van der Waals surface area contributed by atoms with Gasteiger partial charge in [-0.1, -0.05) is 36.8 Å². The van der Waals surface area contributed by atoms with Crippen molar-refractivity contribution in [2.24, 2.45) is 5.73 Å². The van der Waals surface area contributed by atoms with Crippen molar-refractivity contribution in [3.05, 3.63) is 35.4 Å². The lowest BCUT2D eigenvalue weighted by Gasteiger charge is -2.45. The summed E-state index contributed by atoms with van der Waals surface area (Å²) in [6, 6.07) is 5.31. The molecule has 9 heteroatoms. The van der Waals surface area contributed by atoms with Crippen LogP contribution in [0.4, 0.5) is 4.79 Å². The van der Waals surface area contributed by atoms with Crippen LogP contribution in [0.1, 0.15) is 98.7 Å². The topological polar surface area (TPSA) is 131 Å². The number of rotatable bonds is 10. The summed E-state index contributed by atoms with van der Waals surface area (Å²) < 4.78 is 5.37. The fraction of sp³-hybridized carbons (Fsp3) is 0.643. The summed E-state index contributed by atoms with van der Waals surface area (Å²) in [7, 11) is 0. The van der Waals surface area contributed by atoms with E-state index in [0.717, 1.165) is 5.56 Å². The van der Waals surface area contributed by atoms with Crippen molar-refractivity contribution < 1.29 is 23.9 Å². The Morgan fingerprint density at radius 3 is 1.95 bits per heavy atom. The van der Waals surface area contributed by atoms with Gasteiger partial charge in [-0.15, -0.1) is 0 Å². The molecular formula is C28H46N4O5. The number of carbonyl (C=O) groups excluding carboxylic acids is 4. The fourth-order valence-corrected chi connectivity index (χ4v) is 3.71. The predicted molar refractivity (Wildman–Crippen MR) is 145 cm³/mol. The summed E-state index contributed by atoms with van der Waals surface area (Å²) in [5.74, 6) is -1.46. The molecule has 0 bridgehead atoms. The third kappa shape index (κ3) is 10.4. The highest BCUT2D eigenvalue weighted by atomic mass is 16.6. The van der Waals surface area contributed by atoms with Crippen LogP contribution in [0.25, 0.3) is 0 Å². The highest BCUT2D eigenvalue weighted by Gasteiger charge is 2.43. The molecule has 37 heavy (non-hydrogen) atoms. The summed E-state index contributed by atoms with van der Waals surface area (Å²) >= 11 is 0. The second kappa shape index (κ2) is 12.4. The van der Waals surface area contributed by atoms with E-state index in [0.29, 0.717) is 12.0 Å². The van der Waals surface area contributed by atoms with Crippen molar-refractivity contribution in [2.45, 2.75) is 117 Å². The van der Waals surface area contributed by atoms with Gasteiger partial charge in [-0.25, -0.2) is 4.79 Å². The third-order valence-corrected chi connectivity index (χ3v) is 5.82. The zero-order chi connectivity index (χ0) is 28.8. The molecule has 1 aromatic rings. The number of hydrogen-bond donors (Lipinski definition) is 3. The van der Waals surface area contributed by atoms with E-state index in [4.69, 9.17) is 10.5 Å². The van der Waals surface area contributed by atoms with E-state index in [-0.39, 0.29) is 18.7 Å². The smallest absolute Gasteiger partial charge is 0.408 e. The lowest BCUT2D eigenvalue weighted by molar-refractivity contribution is -0.150. The summed E-state index contributed by atoms with van der Waals surface area (Å²) in [5.41, 5.74) is 4.89. The van der Waals surface area contributed by atoms with E-state index in [1.54, 1.807) is 20.8 Å². The average Bonchev–Trinajstić information content (AvgIpc) is 2.72. The van der Waals surface area contributed by atoms with E-state index in [9.17, 15) is 19.2 Å². The number of alkyl carbamates (subject to hydrolysis) is 1. The van der Waals surface area contributed by atoms with Crippen LogP contribution in [0.2, 0.25) is 0 Å². The molecule has 2 atom stereocenters. The van der Waals surface area contributed by atoms with Gasteiger partial charge in [0.05, 0.1) is 0 Å². The Labute approximate surface area is 221 Å². The molecule has 208 valence electrons. The van der Waals surface area contributed by atoms with Crippen LogP contribution in [-0.4, -0.2) is 51.4 Å². The summed E-state index contributed by atoms with van der Waals surface area (Å²) in [6.07, 6.45) is -0.435. The first-order chi connectivity index (χ1) is 16.8. The van der Waals surface area contributed by atoms with Gasteiger partial charge in [0.25, 0.3) is 0 Å². The third-order valence-electron chi connectivity index (χ3n) is 5.82. The average molecular weight is 519 g/mol. The van der Waals surface area contributed by atoms with Gasteiger partial charge in [-0.3, -0.25) is 14.4 Å². The maximum Gasteiger partial charge on any atom is 0.408 e. The van der Waals surface area contributed by atoms with Crippen LogP contribution in [0.3, 0.4) is 0 Å². The molecule has 0 saturated heterocycles. The zero-order valence-corrected chi connectivity index (χ0v) is 24.2. The number of aryl methyl sites for hydroxylation is 1. The van der Waals surface area contributed by atoms with Crippen molar-refractivity contribution >= 4 is 23.8 Å². The van der Waals surface area contributed by atoms with E-state index >= 15 is 0 Å². The second-order valence-electron chi connectivity index (χ2n) is 12.1. The van der Waals surface area contributed by atoms with Gasteiger partial charge in [0.1, 0.15) is 17.7 Å². The monoisotopic (exact) mass is 518 g/mol. The van der Waals surface area contributed by atoms with Gasteiger partial charge in [0.2, 0.25) is 17.7 Å². The minimum absolute atomic E-state index is 0.0365. The summed E-state index contributed by atoms with van der Waals surface area (Å²) in [5, 5.41) is 5.62. The van der Waals surface area contributed by atoms with Crippen molar-refractivity contribution in [2.75, 3.05) is 0 Å². The van der Waals surface area contributed by atoms with Gasteiger partial charge < -0.3 is 26.0 Å². The maximum atomic E-state index is 14.2. The van der Waals surface area contributed by atoms with Gasteiger partial charge in [0, 0.05) is 17.5 Å². The van der Waals surface area contributed by atoms with Crippen LogP contribution >= 0.6 is 0 Å². The summed E-state index contributed by atoms with van der Waals surface area (Å²) in [6.45, 7) is 18.3. The molecule has 0 fully saturated rings. The first-order valence-corrected chi connectivity index (χ1v) is 12.8. The molecule has 1 aromatic carbocycles. The normalized spacial score (nSPS) is 13.8. The molecule has 0 saturated carbocycles. The Morgan fingerprint density at radius 2 is 1.51 bits per heavy atom. The Kier molecular flexibility index (Phi) is 10.7. The first-order valence-electron chi connectivity index (χ1n) is 12.8. The molecule has 0 aromatic heterocycles. The Hall–Kier alpha value is -3.10.